The Morgan fingerprint density at radius 1 is 0.333 bits per heavy atom. The molecule has 0 saturated carbocycles. The molecule has 10 aromatic carbocycles. The number of aromatic nitrogens is 1. The zero-order valence-electron chi connectivity index (χ0n) is 36.1. The molecule has 4 nitrogen and oxygen atoms in total. The van der Waals surface area contributed by atoms with Crippen LogP contribution in [0.3, 0.4) is 0 Å². The summed E-state index contributed by atoms with van der Waals surface area (Å²) in [5.41, 5.74) is 16.9. The second-order valence-electron chi connectivity index (χ2n) is 16.6. The monoisotopic (exact) mass is 845 g/mol. The van der Waals surface area contributed by atoms with E-state index in [2.05, 4.69) is 269 Å². The maximum Gasteiger partial charge on any atom is 0.178 e. The first-order valence-electron chi connectivity index (χ1n) is 22.4. The number of fused-ring (bicyclic) bond motifs is 4. The summed E-state index contributed by atoms with van der Waals surface area (Å²) in [7, 11) is 0. The van der Waals surface area contributed by atoms with Gasteiger partial charge >= 0.3 is 0 Å². The maximum absolute atomic E-state index is 6.81. The van der Waals surface area contributed by atoms with Gasteiger partial charge in [-0.15, -0.1) is 0 Å². The summed E-state index contributed by atoms with van der Waals surface area (Å²) in [5.74, 6) is 2.64. The van der Waals surface area contributed by atoms with Gasteiger partial charge in [0.15, 0.2) is 17.3 Å². The number of anilines is 6. The molecule has 0 unspecified atom stereocenters. The SMILES string of the molecule is c1ccc(-c2ccccc2-c2ccc(N(c3ccccc3)c3cccc(-c4ccc(-c5ccc6c7c(n(-c8ccccc8)c6c5)N(c5ccccc5)c5ccccc5O7)cc4)c3)cc2)cc1. The highest BCUT2D eigenvalue weighted by Gasteiger charge is 2.33. The highest BCUT2D eigenvalue weighted by molar-refractivity contribution is 6.02. The average molecular weight is 846 g/mol. The summed E-state index contributed by atoms with van der Waals surface area (Å²) in [5, 5.41) is 1.05. The minimum Gasteiger partial charge on any atom is -0.451 e. The van der Waals surface area contributed by atoms with Crippen molar-refractivity contribution in [2.45, 2.75) is 0 Å². The quantitative estimate of drug-likeness (QED) is 0.144. The molecule has 0 amide bonds. The molecule has 66 heavy (non-hydrogen) atoms. The van der Waals surface area contributed by atoms with Crippen molar-refractivity contribution in [2.75, 3.05) is 9.80 Å². The van der Waals surface area contributed by atoms with Crippen LogP contribution in [0.5, 0.6) is 11.5 Å². The average Bonchev–Trinajstić information content (AvgIpc) is 3.72. The van der Waals surface area contributed by atoms with Crippen LogP contribution in [0.25, 0.3) is 61.1 Å². The van der Waals surface area contributed by atoms with E-state index in [-0.39, 0.29) is 0 Å². The lowest BCUT2D eigenvalue weighted by atomic mass is 9.94. The smallest absolute Gasteiger partial charge is 0.178 e. The van der Waals surface area contributed by atoms with Gasteiger partial charge in [-0.25, -0.2) is 0 Å². The van der Waals surface area contributed by atoms with E-state index >= 15 is 0 Å². The van der Waals surface area contributed by atoms with Gasteiger partial charge in [0.05, 0.1) is 11.2 Å². The molecule has 0 spiro atoms. The molecule has 0 fully saturated rings. The van der Waals surface area contributed by atoms with E-state index in [9.17, 15) is 0 Å². The van der Waals surface area contributed by atoms with Gasteiger partial charge in [-0.05, 0) is 129 Å². The Bertz CT molecular complexity index is 3480. The molecule has 0 atom stereocenters. The fourth-order valence-electron chi connectivity index (χ4n) is 9.45. The largest absolute Gasteiger partial charge is 0.451 e. The molecule has 0 saturated heterocycles. The second-order valence-corrected chi connectivity index (χ2v) is 16.6. The van der Waals surface area contributed by atoms with Crippen molar-refractivity contribution in [1.82, 2.24) is 4.57 Å². The van der Waals surface area contributed by atoms with E-state index < -0.39 is 0 Å². The molecule has 11 aromatic rings. The Morgan fingerprint density at radius 2 is 0.818 bits per heavy atom. The van der Waals surface area contributed by atoms with E-state index in [4.69, 9.17) is 4.74 Å². The van der Waals surface area contributed by atoms with Crippen molar-refractivity contribution < 1.29 is 4.74 Å². The summed E-state index contributed by atoms with van der Waals surface area (Å²) in [6, 6.07) is 92.8. The summed E-state index contributed by atoms with van der Waals surface area (Å²) in [4.78, 5) is 4.66. The number of nitrogens with zero attached hydrogens (tertiary/aromatic N) is 3. The summed E-state index contributed by atoms with van der Waals surface area (Å²) in [6.45, 7) is 0. The van der Waals surface area contributed by atoms with Crippen LogP contribution in [0.4, 0.5) is 34.3 Å². The van der Waals surface area contributed by atoms with Gasteiger partial charge in [0, 0.05) is 33.8 Å². The van der Waals surface area contributed by atoms with E-state index in [0.717, 1.165) is 84.6 Å². The Kier molecular flexibility index (Phi) is 9.81. The lowest BCUT2D eigenvalue weighted by Crippen LogP contribution is -2.18. The summed E-state index contributed by atoms with van der Waals surface area (Å²) in [6.07, 6.45) is 0. The normalized spacial score (nSPS) is 11.7. The lowest BCUT2D eigenvalue weighted by molar-refractivity contribution is 0.481. The predicted octanol–water partition coefficient (Wildman–Crippen LogP) is 17.3. The molecule has 1 aromatic heterocycles. The van der Waals surface area contributed by atoms with Gasteiger partial charge in [0.1, 0.15) is 0 Å². The Labute approximate surface area is 385 Å². The third-order valence-electron chi connectivity index (χ3n) is 12.6. The molecule has 2 heterocycles. The Hall–Kier alpha value is -8.86. The maximum atomic E-state index is 6.81. The minimum absolute atomic E-state index is 0.829. The summed E-state index contributed by atoms with van der Waals surface area (Å²) >= 11 is 0. The van der Waals surface area contributed by atoms with Crippen LogP contribution in [0.15, 0.2) is 261 Å². The van der Waals surface area contributed by atoms with Crippen LogP contribution in [-0.2, 0) is 0 Å². The topological polar surface area (TPSA) is 20.6 Å². The van der Waals surface area contributed by atoms with Crippen molar-refractivity contribution in [3.63, 3.8) is 0 Å². The molecule has 1 aliphatic heterocycles. The van der Waals surface area contributed by atoms with Gasteiger partial charge in [0.25, 0.3) is 0 Å². The molecular formula is C62H43N3O. The van der Waals surface area contributed by atoms with Crippen molar-refractivity contribution in [3.05, 3.63) is 261 Å². The van der Waals surface area contributed by atoms with E-state index in [1.54, 1.807) is 0 Å². The molecule has 0 aliphatic carbocycles. The van der Waals surface area contributed by atoms with Gasteiger partial charge in [-0.3, -0.25) is 9.47 Å². The molecule has 0 bridgehead atoms. The van der Waals surface area contributed by atoms with Crippen molar-refractivity contribution >= 4 is 45.2 Å². The van der Waals surface area contributed by atoms with Crippen LogP contribution in [0, 0.1) is 0 Å². The van der Waals surface area contributed by atoms with Crippen molar-refractivity contribution in [2.24, 2.45) is 0 Å². The number of ether oxygens (including phenoxy) is 1. The molecule has 0 radical (unpaired) electrons. The molecule has 312 valence electrons. The third kappa shape index (κ3) is 6.98. The number of para-hydroxylation sites is 5. The zero-order valence-corrected chi connectivity index (χ0v) is 36.1. The van der Waals surface area contributed by atoms with Gasteiger partial charge in [0.2, 0.25) is 0 Å². The van der Waals surface area contributed by atoms with Crippen LogP contribution in [0.2, 0.25) is 0 Å². The predicted molar refractivity (Wildman–Crippen MR) is 274 cm³/mol. The number of hydrogen-bond donors (Lipinski definition) is 0. The molecule has 0 N–H and O–H groups in total. The first-order valence-corrected chi connectivity index (χ1v) is 22.4. The van der Waals surface area contributed by atoms with Gasteiger partial charge in [-0.1, -0.05) is 176 Å². The number of benzene rings is 10. The van der Waals surface area contributed by atoms with Crippen LogP contribution >= 0.6 is 0 Å². The van der Waals surface area contributed by atoms with E-state index in [1.165, 1.54) is 22.3 Å². The highest BCUT2D eigenvalue weighted by Crippen LogP contribution is 2.55. The molecular weight excluding hydrogens is 803 g/mol. The standard InChI is InChI=1S/C62H43N3O/c1-5-18-46(19-6-1)55-28-13-14-29-56(55)47-36-39-53(40-37-47)63(50-21-7-2-8-22-50)54-27-17-20-48(42-54)44-32-34-45(35-33-44)49-38-41-57-59(43-49)65(52-25-11-4-12-26-52)62-61(57)66-60-31-16-15-30-58(60)64(62)51-23-9-3-10-24-51/h1-43H. The van der Waals surface area contributed by atoms with Crippen molar-refractivity contribution in [1.29, 1.82) is 0 Å². The molecule has 4 heteroatoms. The zero-order chi connectivity index (χ0) is 43.8. The van der Waals surface area contributed by atoms with E-state index in [1.807, 2.05) is 6.07 Å². The van der Waals surface area contributed by atoms with Crippen LogP contribution < -0.4 is 14.5 Å². The van der Waals surface area contributed by atoms with Gasteiger partial charge in [-0.2, -0.15) is 0 Å². The fraction of sp³-hybridized carbons (Fsp3) is 0. The van der Waals surface area contributed by atoms with Gasteiger partial charge < -0.3 is 9.64 Å². The highest BCUT2D eigenvalue weighted by atomic mass is 16.5. The van der Waals surface area contributed by atoms with E-state index in [0.29, 0.717) is 0 Å². The number of rotatable bonds is 9. The minimum atomic E-state index is 0.829. The molecule has 12 rings (SSSR count). The Balaban J connectivity index is 0.898. The summed E-state index contributed by atoms with van der Waals surface area (Å²) < 4.78 is 9.15. The Morgan fingerprint density at radius 3 is 1.50 bits per heavy atom. The third-order valence-corrected chi connectivity index (χ3v) is 12.6. The van der Waals surface area contributed by atoms with Crippen LogP contribution in [-0.4, -0.2) is 4.57 Å². The number of hydrogen-bond acceptors (Lipinski definition) is 3. The fourth-order valence-corrected chi connectivity index (χ4v) is 9.45. The second kappa shape index (κ2) is 16.7. The first-order chi connectivity index (χ1) is 32.7. The lowest BCUT2D eigenvalue weighted by Gasteiger charge is -2.32. The van der Waals surface area contributed by atoms with Crippen LogP contribution in [0.1, 0.15) is 0 Å². The molecule has 1 aliphatic rings. The van der Waals surface area contributed by atoms with Crippen molar-refractivity contribution in [3.8, 4) is 61.7 Å². The first kappa shape index (κ1) is 38.8.